The Morgan fingerprint density at radius 3 is 2.82 bits per heavy atom. The number of aliphatic hydroxyl groups is 1. The van der Waals surface area contributed by atoms with E-state index in [0.717, 1.165) is 11.8 Å². The minimum absolute atomic E-state index is 0.412. The van der Waals surface area contributed by atoms with Crippen LogP contribution in [0.5, 0.6) is 0 Å². The van der Waals surface area contributed by atoms with Crippen molar-refractivity contribution in [3.05, 3.63) is 12.2 Å². The Kier molecular flexibility index (Phi) is 1.99. The summed E-state index contributed by atoms with van der Waals surface area (Å²) < 4.78 is 0. The molecule has 0 aliphatic heterocycles. The molecular formula is C10H16O. The lowest BCUT2D eigenvalue weighted by atomic mass is 9.82. The van der Waals surface area contributed by atoms with Gasteiger partial charge in [-0.25, -0.2) is 0 Å². The van der Waals surface area contributed by atoms with Crippen LogP contribution in [0, 0.1) is 17.8 Å². The van der Waals surface area contributed by atoms with E-state index >= 15 is 0 Å². The number of hydrogen-bond acceptors (Lipinski definition) is 1. The molecule has 0 radical (unpaired) electrons. The van der Waals surface area contributed by atoms with Crippen LogP contribution in [-0.2, 0) is 0 Å². The predicted molar refractivity (Wildman–Crippen MR) is 45.2 cm³/mol. The van der Waals surface area contributed by atoms with Crippen LogP contribution in [0.15, 0.2) is 12.2 Å². The van der Waals surface area contributed by atoms with Crippen LogP contribution < -0.4 is 0 Å². The lowest BCUT2D eigenvalue weighted by molar-refractivity contribution is 0.177. The third-order valence-electron chi connectivity index (χ3n) is 3.37. The van der Waals surface area contributed by atoms with E-state index in [-0.39, 0.29) is 0 Å². The first-order valence-electron chi connectivity index (χ1n) is 4.67. The highest BCUT2D eigenvalue weighted by Gasteiger charge is 2.35. The Morgan fingerprint density at radius 1 is 1.18 bits per heavy atom. The van der Waals surface area contributed by atoms with Crippen LogP contribution in [0.4, 0.5) is 0 Å². The molecule has 1 nitrogen and oxygen atoms in total. The number of aliphatic hydroxyl groups excluding tert-OH is 1. The number of fused-ring (bicyclic) bond motifs is 1. The molecule has 0 unspecified atom stereocenters. The summed E-state index contributed by atoms with van der Waals surface area (Å²) in [5, 5.41) is 9.08. The second kappa shape index (κ2) is 2.98. The fourth-order valence-electron chi connectivity index (χ4n) is 2.67. The third kappa shape index (κ3) is 1.22. The average Bonchev–Trinajstić information content (AvgIpc) is 2.47. The van der Waals surface area contributed by atoms with Crippen molar-refractivity contribution in [2.75, 3.05) is 6.61 Å². The van der Waals surface area contributed by atoms with Gasteiger partial charge in [-0.15, -0.1) is 0 Å². The molecule has 0 aromatic carbocycles. The van der Waals surface area contributed by atoms with Crippen LogP contribution >= 0.6 is 0 Å². The van der Waals surface area contributed by atoms with Crippen molar-refractivity contribution in [1.82, 2.24) is 0 Å². The molecule has 1 N–H and O–H groups in total. The van der Waals surface area contributed by atoms with Crippen molar-refractivity contribution in [3.63, 3.8) is 0 Å². The zero-order valence-corrected chi connectivity index (χ0v) is 6.87. The highest BCUT2D eigenvalue weighted by Crippen LogP contribution is 2.43. The minimum Gasteiger partial charge on any atom is -0.396 e. The average molecular weight is 152 g/mol. The molecule has 0 aromatic heterocycles. The zero-order valence-electron chi connectivity index (χ0n) is 6.87. The maximum atomic E-state index is 9.08. The normalized spacial score (nSPS) is 42.5. The Labute approximate surface area is 68.1 Å². The third-order valence-corrected chi connectivity index (χ3v) is 3.37. The van der Waals surface area contributed by atoms with Gasteiger partial charge in [0.1, 0.15) is 0 Å². The van der Waals surface area contributed by atoms with Gasteiger partial charge < -0.3 is 5.11 Å². The van der Waals surface area contributed by atoms with E-state index in [1.54, 1.807) is 0 Å². The topological polar surface area (TPSA) is 20.2 Å². The fourth-order valence-corrected chi connectivity index (χ4v) is 2.67. The van der Waals surface area contributed by atoms with Crippen LogP contribution in [0.1, 0.15) is 25.7 Å². The molecule has 1 heteroatoms. The first-order valence-corrected chi connectivity index (χ1v) is 4.67. The van der Waals surface area contributed by atoms with Gasteiger partial charge in [0.25, 0.3) is 0 Å². The molecule has 3 atom stereocenters. The Bertz CT molecular complexity index is 162. The number of allylic oxidation sites excluding steroid dienone is 2. The molecule has 0 heterocycles. The maximum absolute atomic E-state index is 9.08. The van der Waals surface area contributed by atoms with Crippen molar-refractivity contribution >= 4 is 0 Å². The summed E-state index contributed by atoms with van der Waals surface area (Å²) in [5.74, 6) is 2.33. The van der Waals surface area contributed by atoms with Crippen molar-refractivity contribution in [3.8, 4) is 0 Å². The van der Waals surface area contributed by atoms with E-state index in [2.05, 4.69) is 12.2 Å². The molecule has 0 bridgehead atoms. The van der Waals surface area contributed by atoms with Gasteiger partial charge in [0.05, 0.1) is 0 Å². The first kappa shape index (κ1) is 7.35. The molecule has 11 heavy (non-hydrogen) atoms. The number of rotatable bonds is 1. The van der Waals surface area contributed by atoms with Gasteiger partial charge in [0.2, 0.25) is 0 Å². The summed E-state index contributed by atoms with van der Waals surface area (Å²) in [6, 6.07) is 0. The van der Waals surface area contributed by atoms with E-state index in [9.17, 15) is 0 Å². The largest absolute Gasteiger partial charge is 0.396 e. The SMILES string of the molecule is OC[C@@H]1CC[C@@H]2CC=CC[C@H]12. The van der Waals surface area contributed by atoms with Gasteiger partial charge in [-0.3, -0.25) is 0 Å². The summed E-state index contributed by atoms with van der Waals surface area (Å²) in [5.41, 5.74) is 0. The lowest BCUT2D eigenvalue weighted by Gasteiger charge is -2.24. The Balaban J connectivity index is 2.05. The fraction of sp³-hybridized carbons (Fsp3) is 0.800. The summed E-state index contributed by atoms with van der Waals surface area (Å²) in [7, 11) is 0. The van der Waals surface area contributed by atoms with Crippen LogP contribution in [0.2, 0.25) is 0 Å². The zero-order chi connectivity index (χ0) is 7.68. The molecule has 1 fully saturated rings. The quantitative estimate of drug-likeness (QED) is 0.569. The molecular weight excluding hydrogens is 136 g/mol. The standard InChI is InChI=1S/C10H16O/c11-7-9-6-5-8-3-1-2-4-10(8)9/h1-2,8-11H,3-7H2/t8-,9-,10-/m0/s1. The van der Waals surface area contributed by atoms with Crippen molar-refractivity contribution < 1.29 is 5.11 Å². The first-order chi connectivity index (χ1) is 5.42. The highest BCUT2D eigenvalue weighted by molar-refractivity contribution is 4.99. The lowest BCUT2D eigenvalue weighted by Crippen LogP contribution is -2.18. The van der Waals surface area contributed by atoms with Gasteiger partial charge in [0.15, 0.2) is 0 Å². The van der Waals surface area contributed by atoms with Gasteiger partial charge >= 0.3 is 0 Å². The van der Waals surface area contributed by atoms with E-state index < -0.39 is 0 Å². The molecule has 0 amide bonds. The monoisotopic (exact) mass is 152 g/mol. The van der Waals surface area contributed by atoms with Crippen molar-refractivity contribution in [1.29, 1.82) is 0 Å². The van der Waals surface area contributed by atoms with Crippen molar-refractivity contribution in [2.24, 2.45) is 17.8 Å². The summed E-state index contributed by atoms with van der Waals surface area (Å²) >= 11 is 0. The molecule has 2 aliphatic rings. The minimum atomic E-state index is 0.412. The van der Waals surface area contributed by atoms with Crippen molar-refractivity contribution in [2.45, 2.75) is 25.7 Å². The smallest absolute Gasteiger partial charge is 0.0462 e. The van der Waals surface area contributed by atoms with Gasteiger partial charge in [-0.05, 0) is 43.4 Å². The summed E-state index contributed by atoms with van der Waals surface area (Å²) in [4.78, 5) is 0. The van der Waals surface area contributed by atoms with Crippen LogP contribution in [0.3, 0.4) is 0 Å². The molecule has 62 valence electrons. The maximum Gasteiger partial charge on any atom is 0.0462 e. The van der Waals surface area contributed by atoms with E-state index in [1.165, 1.54) is 25.7 Å². The van der Waals surface area contributed by atoms with E-state index in [0.29, 0.717) is 12.5 Å². The molecule has 0 saturated heterocycles. The highest BCUT2D eigenvalue weighted by atomic mass is 16.3. The van der Waals surface area contributed by atoms with Gasteiger partial charge in [0, 0.05) is 6.61 Å². The van der Waals surface area contributed by atoms with Gasteiger partial charge in [-0.1, -0.05) is 12.2 Å². The molecule has 2 aliphatic carbocycles. The second-order valence-electron chi connectivity index (χ2n) is 3.89. The summed E-state index contributed by atoms with van der Waals surface area (Å²) in [6.07, 6.45) is 9.68. The Hall–Kier alpha value is -0.300. The van der Waals surface area contributed by atoms with E-state index in [4.69, 9.17) is 5.11 Å². The molecule has 0 aromatic rings. The van der Waals surface area contributed by atoms with Crippen LogP contribution in [-0.4, -0.2) is 11.7 Å². The summed E-state index contributed by atoms with van der Waals surface area (Å²) in [6.45, 7) is 0.412. The van der Waals surface area contributed by atoms with Gasteiger partial charge in [-0.2, -0.15) is 0 Å². The predicted octanol–water partition coefficient (Wildman–Crippen LogP) is 1.97. The van der Waals surface area contributed by atoms with Crippen LogP contribution in [0.25, 0.3) is 0 Å². The Morgan fingerprint density at radius 2 is 2.00 bits per heavy atom. The van der Waals surface area contributed by atoms with E-state index in [1.807, 2.05) is 0 Å². The molecule has 0 spiro atoms. The molecule has 2 rings (SSSR count). The second-order valence-corrected chi connectivity index (χ2v) is 3.89. The number of hydrogen-bond donors (Lipinski definition) is 1. The molecule has 1 saturated carbocycles.